The second-order valence-corrected chi connectivity index (χ2v) is 35.9. The zero-order valence-electron chi connectivity index (χ0n) is 79.8. The summed E-state index contributed by atoms with van der Waals surface area (Å²) in [6.07, 6.45) is 0.397. The van der Waals surface area contributed by atoms with Crippen LogP contribution >= 0.6 is 34.0 Å². The molecule has 37 heteroatoms. The average Bonchev–Trinajstić information content (AvgIpc) is 1.57. The van der Waals surface area contributed by atoms with Crippen molar-refractivity contribution in [1.29, 1.82) is 0 Å². The molecule has 0 fully saturated rings. The molecule has 0 unspecified atom stereocenters. The van der Waals surface area contributed by atoms with Crippen LogP contribution in [0.1, 0.15) is 235 Å². The Labute approximate surface area is 786 Å². The number of carbonyl (C=O) groups is 6. The molecule has 0 saturated heterocycles. The monoisotopic (exact) mass is 1910 g/mol. The predicted molar refractivity (Wildman–Crippen MR) is 506 cm³/mol. The third-order valence-corrected chi connectivity index (χ3v) is 23.9. The molecular formula is C97H120N6O28S3. The van der Waals surface area contributed by atoms with E-state index in [-0.39, 0.29) is 97.9 Å². The van der Waals surface area contributed by atoms with Gasteiger partial charge in [-0.3, -0.25) is 28.5 Å². The van der Waals surface area contributed by atoms with Gasteiger partial charge in [0.1, 0.15) is 69.1 Å². The van der Waals surface area contributed by atoms with Crippen molar-refractivity contribution in [2.75, 3.05) is 48.3 Å². The third-order valence-electron chi connectivity index (χ3n) is 20.1. The number of nitrogens with zero attached hydrogens (tertiary/aromatic N) is 5. The molecule has 4 N–H and O–H groups in total. The van der Waals surface area contributed by atoms with Gasteiger partial charge in [-0.25, -0.2) is 56.9 Å². The number of aromatic nitrogens is 6. The number of H-pyrrole nitrogens is 1. The molecule has 5 aromatic carbocycles. The Kier molecular flexibility index (Phi) is 44.2. The molecule has 6 aromatic heterocycles. The van der Waals surface area contributed by atoms with Crippen molar-refractivity contribution in [2.24, 2.45) is 0 Å². The van der Waals surface area contributed by atoms with Crippen molar-refractivity contribution >= 4 is 113 Å². The highest BCUT2D eigenvalue weighted by atomic mass is 32.1. The van der Waals surface area contributed by atoms with E-state index in [4.69, 9.17) is 66.9 Å². The van der Waals surface area contributed by atoms with E-state index >= 15 is 0 Å². The van der Waals surface area contributed by atoms with Gasteiger partial charge in [0.25, 0.3) is 16.7 Å². The van der Waals surface area contributed by atoms with Crippen molar-refractivity contribution in [3.63, 3.8) is 0 Å². The van der Waals surface area contributed by atoms with Gasteiger partial charge in [-0.15, -0.1) is 34.0 Å². The van der Waals surface area contributed by atoms with Gasteiger partial charge in [-0.05, 0) is 176 Å². The molecule has 724 valence electrons. The second kappa shape index (κ2) is 52.1. The summed E-state index contributed by atoms with van der Waals surface area (Å²) in [5.74, 6) is -4.52. The number of fused-ring (bicyclic) bond motifs is 3. The molecule has 34 nitrogen and oxygen atoms in total. The van der Waals surface area contributed by atoms with Crippen LogP contribution in [0.5, 0.6) is 0 Å². The number of aliphatic carboxylic acids is 1. The number of rotatable bonds is 27. The number of aliphatic hydroxyl groups excluding tert-OH is 2. The van der Waals surface area contributed by atoms with Gasteiger partial charge >= 0.3 is 65.2 Å². The van der Waals surface area contributed by atoms with Crippen molar-refractivity contribution < 1.29 is 106 Å². The number of ether oxygens (including phenoxy) is 9. The summed E-state index contributed by atoms with van der Waals surface area (Å²) in [6.45, 7) is 33.2. The lowest BCUT2D eigenvalue weighted by Crippen LogP contribution is -2.54. The maximum atomic E-state index is 14.0. The summed E-state index contributed by atoms with van der Waals surface area (Å²) in [5, 5.41) is 28.6. The Morgan fingerprint density at radius 3 is 0.985 bits per heavy atom. The van der Waals surface area contributed by atoms with Crippen LogP contribution in [0.4, 0.5) is 0 Å². The molecule has 0 saturated carbocycles. The van der Waals surface area contributed by atoms with Gasteiger partial charge in [0.2, 0.25) is 0 Å². The smallest absolute Gasteiger partial charge is 0.373 e. The number of esters is 5. The number of aromatic amines is 1. The van der Waals surface area contributed by atoms with Crippen LogP contribution in [0.2, 0.25) is 0 Å². The Balaban J connectivity index is 0.000000354. The Hall–Kier alpha value is -12.6. The van der Waals surface area contributed by atoms with Crippen LogP contribution in [0, 0.1) is 20.8 Å². The standard InChI is InChI=1S/C27H34N2O7S.C23H26N2O7S.C18H24N2O6S.C10H14O.C9H12O.C8H10O2.2CO2/c1-9-35-23(31)20-16(2)19-21(30)29(27(6,7)24(32)36-26(3,4)5)25(33)28(22(19)37-20)15-18(34-8)17-13-11-10-12-14-17;1-6-32-20(27)17-13(2)16-18(26)25(23(3,4)21(28)29)22(30)24(19(16)33-17)12-15(31-5)14-10-8-7-9-11-14;1-8-25-14(22)11-9(2)10-12(27-11)19-16(24)20(13(10)21)18(6,7)15(23)26-17(3,4)5;1-3-10(11-2)9-7-5-4-6-8-9;1-2-9(10)8-6-4-3-5-7-8;1-10-8(9)7-5-3-2-4-6-7;2*2-1-3/h10-14,18H,9,15H2,1-8H3;7-11,15H,6,12H2,1-5H3,(H,28,29);8H2,1-7H3,(H,19,24);4-8,10H,3H2,1-2H3;3-7,9-10H,2H2,1H3;2-6,8-9H,1H3;;/t18-;15-;;10-;9-;8-;;/m00.001../s1. The number of nitrogens with one attached hydrogen (secondary N) is 1. The van der Waals surface area contributed by atoms with E-state index in [9.17, 15) is 67.7 Å². The zero-order chi connectivity index (χ0) is 101. The fourth-order valence-electron chi connectivity index (χ4n) is 13.2. The zero-order valence-corrected chi connectivity index (χ0v) is 82.2. The van der Waals surface area contributed by atoms with E-state index in [1.807, 2.05) is 146 Å². The number of hydrogen-bond acceptors (Lipinski definition) is 30. The SMILES string of the molecule is CCOC(=O)c1sc2[nH]c(=O)n(C(C)(C)C(=O)OC(C)(C)C)c(=O)c2c1C.CCOC(=O)c1sc2c(c1C)c(=O)n(C(C)(C)C(=O)O)c(=O)n2C[C@H](OC)c1ccccc1.CCOC(=O)c1sc2c(c1C)c(=O)n(C(C)(C)C(=O)OC(C)(C)C)c(=O)n2C[C@H](OC)c1ccccc1.CC[C@H](O)c1ccccc1.CC[C@H](OC)c1ccccc1.CO[C@@H](O)c1ccccc1.O=C=O.O=C=O. The Morgan fingerprint density at radius 1 is 0.396 bits per heavy atom. The van der Waals surface area contributed by atoms with Crippen LogP contribution in [-0.4, -0.2) is 151 Å². The predicted octanol–water partition coefficient (Wildman–Crippen LogP) is 14.5. The van der Waals surface area contributed by atoms with Gasteiger partial charge in [-0.2, -0.15) is 19.2 Å². The lowest BCUT2D eigenvalue weighted by atomic mass is 10.0. The summed E-state index contributed by atoms with van der Waals surface area (Å²) in [7, 11) is 6.25. The summed E-state index contributed by atoms with van der Waals surface area (Å²) in [4.78, 5) is 192. The minimum absolute atomic E-state index is 0.00798. The summed E-state index contributed by atoms with van der Waals surface area (Å²) in [6, 6.07) is 47.8. The van der Waals surface area contributed by atoms with Crippen LogP contribution < -0.4 is 33.7 Å². The van der Waals surface area contributed by atoms with Gasteiger partial charge in [-0.1, -0.05) is 166 Å². The van der Waals surface area contributed by atoms with Crippen molar-refractivity contribution in [2.45, 2.75) is 223 Å². The second-order valence-electron chi connectivity index (χ2n) is 32.8. The van der Waals surface area contributed by atoms with Crippen LogP contribution in [0.15, 0.2) is 180 Å². The van der Waals surface area contributed by atoms with E-state index in [1.165, 1.54) is 77.6 Å². The van der Waals surface area contributed by atoms with Crippen molar-refractivity contribution in [3.8, 4) is 0 Å². The number of methoxy groups -OCH3 is 4. The molecule has 0 aliphatic rings. The highest BCUT2D eigenvalue weighted by Crippen LogP contribution is 2.35. The number of hydrogen-bond donors (Lipinski definition) is 4. The number of benzene rings is 5. The quantitative estimate of drug-likeness (QED) is 0.0211. The molecule has 6 heterocycles. The first-order chi connectivity index (χ1) is 63.0. The normalized spacial score (nSPS) is 12.3. The first-order valence-electron chi connectivity index (χ1n) is 42.3. The molecule has 11 aromatic rings. The molecule has 11 rings (SSSR count). The Bertz CT molecular complexity index is 6160. The molecule has 0 aliphatic heterocycles. The molecular weight excluding hydrogens is 1790 g/mol. The molecule has 0 spiro atoms. The molecule has 0 bridgehead atoms. The maximum Gasteiger partial charge on any atom is 0.373 e. The molecule has 0 radical (unpaired) electrons. The first-order valence-corrected chi connectivity index (χ1v) is 44.8. The van der Waals surface area contributed by atoms with Crippen molar-refractivity contribution in [1.82, 2.24) is 27.8 Å². The van der Waals surface area contributed by atoms with E-state index in [0.29, 0.717) is 21.5 Å². The van der Waals surface area contributed by atoms with Gasteiger partial charge < -0.3 is 58.0 Å². The van der Waals surface area contributed by atoms with E-state index in [2.05, 4.69) is 24.0 Å². The molecule has 0 amide bonds. The minimum atomic E-state index is -1.82. The maximum absolute atomic E-state index is 14.0. The molecule has 5 atom stereocenters. The highest BCUT2D eigenvalue weighted by molar-refractivity contribution is 7.21. The Morgan fingerprint density at radius 2 is 0.687 bits per heavy atom. The molecule has 0 aliphatic carbocycles. The summed E-state index contributed by atoms with van der Waals surface area (Å²) < 4.78 is 52.7. The van der Waals surface area contributed by atoms with E-state index in [1.54, 1.807) is 90.2 Å². The van der Waals surface area contributed by atoms with Gasteiger partial charge in [0.15, 0.2) is 6.29 Å². The topological polar surface area (TPSA) is 457 Å². The highest BCUT2D eigenvalue weighted by Gasteiger charge is 2.42. The van der Waals surface area contributed by atoms with E-state index < -0.39 is 116 Å². The third kappa shape index (κ3) is 29.4. The summed E-state index contributed by atoms with van der Waals surface area (Å²) >= 11 is 2.97. The lowest BCUT2D eigenvalue weighted by Gasteiger charge is -2.30. The largest absolute Gasteiger partial charge is 0.480 e. The fraction of sp³-hybridized carbons (Fsp3) is 0.423. The van der Waals surface area contributed by atoms with Crippen molar-refractivity contribution in [3.05, 3.63) is 273 Å². The fourth-order valence-corrected chi connectivity index (χ4v) is 16.6. The minimum Gasteiger partial charge on any atom is -0.480 e. The number of aryl methyl sites for hydroxylation is 3. The average molecular weight is 1910 g/mol. The number of aliphatic hydroxyl groups is 2. The van der Waals surface area contributed by atoms with Crippen LogP contribution in [0.3, 0.4) is 0 Å². The number of carboxylic acids is 1. The van der Waals surface area contributed by atoms with Crippen LogP contribution in [-0.2, 0) is 106 Å². The first kappa shape index (κ1) is 114. The van der Waals surface area contributed by atoms with E-state index in [0.717, 1.165) is 82.8 Å². The summed E-state index contributed by atoms with van der Waals surface area (Å²) in [5.41, 5.74) is -5.13. The van der Waals surface area contributed by atoms with Gasteiger partial charge in [0, 0.05) is 34.0 Å². The van der Waals surface area contributed by atoms with Gasteiger partial charge in [0.05, 0.1) is 61.3 Å². The number of thiophene rings is 3. The number of carboxylic acid groups (broad SMARTS) is 1. The van der Waals surface area contributed by atoms with Crippen LogP contribution in [0.25, 0.3) is 30.6 Å². The molecule has 134 heavy (non-hydrogen) atoms. The lowest BCUT2D eigenvalue weighted by molar-refractivity contribution is -0.193. The number of carbonyl (C=O) groups excluding carboxylic acids is 9.